The van der Waals surface area contributed by atoms with Gasteiger partial charge in [0.05, 0.1) is 0 Å². The Morgan fingerprint density at radius 3 is 2.36 bits per heavy atom. The Labute approximate surface area is 62.7 Å². The fourth-order valence-corrected chi connectivity index (χ4v) is 0.804. The zero-order valence-corrected chi connectivity index (χ0v) is 5.94. The van der Waals surface area contributed by atoms with E-state index in [0.29, 0.717) is 0 Å². The largest absolute Gasteiger partial charge is 0.263 e. The number of benzene rings is 1. The monoisotopic (exact) mass is 160 g/mol. The van der Waals surface area contributed by atoms with E-state index in [1.807, 2.05) is 0 Å². The molecule has 0 bridgehead atoms. The number of hydrogen-bond acceptors (Lipinski definition) is 0. The maximum Gasteiger partial charge on any atom is 0.263 e. The zero-order chi connectivity index (χ0) is 8.43. The second-order valence-electron chi connectivity index (χ2n) is 2.31. The van der Waals surface area contributed by atoms with Crippen molar-refractivity contribution in [2.24, 2.45) is 0 Å². The molecule has 0 saturated heterocycles. The Morgan fingerprint density at radius 2 is 1.91 bits per heavy atom. The molecule has 0 aliphatic carbocycles. The van der Waals surface area contributed by atoms with E-state index in [4.69, 9.17) is 0 Å². The van der Waals surface area contributed by atoms with Crippen LogP contribution in [0.1, 0.15) is 17.6 Å². The predicted molar refractivity (Wildman–Crippen MR) is 36.1 cm³/mol. The van der Waals surface area contributed by atoms with Gasteiger partial charge >= 0.3 is 0 Å². The van der Waals surface area contributed by atoms with Crippen LogP contribution in [-0.4, -0.2) is 0 Å². The minimum Gasteiger partial charge on any atom is -0.207 e. The van der Waals surface area contributed by atoms with Crippen LogP contribution < -0.4 is 0 Å². The summed E-state index contributed by atoms with van der Waals surface area (Å²) < 4.78 is 36.4. The SMILES string of the molecule is Cc1cc(C(F)F)ccc1F. The molecule has 0 aliphatic rings. The van der Waals surface area contributed by atoms with E-state index in [1.165, 1.54) is 6.92 Å². The molecule has 0 unspecified atom stereocenters. The molecule has 0 saturated carbocycles. The van der Waals surface area contributed by atoms with Gasteiger partial charge in [0, 0.05) is 5.56 Å². The molecule has 0 radical (unpaired) electrons. The normalized spacial score (nSPS) is 10.6. The van der Waals surface area contributed by atoms with Crippen molar-refractivity contribution < 1.29 is 13.2 Å². The Balaban J connectivity index is 3.05. The third-order valence-corrected chi connectivity index (χ3v) is 1.43. The smallest absolute Gasteiger partial charge is 0.207 e. The third-order valence-electron chi connectivity index (χ3n) is 1.43. The number of alkyl halides is 2. The van der Waals surface area contributed by atoms with E-state index in [-0.39, 0.29) is 11.1 Å². The highest BCUT2D eigenvalue weighted by atomic mass is 19.3. The first-order valence-electron chi connectivity index (χ1n) is 3.15. The summed E-state index contributed by atoms with van der Waals surface area (Å²) >= 11 is 0. The number of hydrogen-bond donors (Lipinski definition) is 0. The van der Waals surface area contributed by atoms with Crippen molar-refractivity contribution in [2.75, 3.05) is 0 Å². The van der Waals surface area contributed by atoms with Crippen molar-refractivity contribution in [2.45, 2.75) is 13.3 Å². The molecule has 1 rings (SSSR count). The quantitative estimate of drug-likeness (QED) is 0.592. The van der Waals surface area contributed by atoms with E-state index in [9.17, 15) is 13.2 Å². The van der Waals surface area contributed by atoms with Gasteiger partial charge in [0.2, 0.25) is 0 Å². The second kappa shape index (κ2) is 2.95. The lowest BCUT2D eigenvalue weighted by Crippen LogP contribution is -1.87. The lowest BCUT2D eigenvalue weighted by Gasteiger charge is -2.00. The van der Waals surface area contributed by atoms with Crippen LogP contribution in [0, 0.1) is 12.7 Å². The Morgan fingerprint density at radius 1 is 1.27 bits per heavy atom. The van der Waals surface area contributed by atoms with Crippen LogP contribution in [0.5, 0.6) is 0 Å². The molecule has 60 valence electrons. The van der Waals surface area contributed by atoms with Gasteiger partial charge in [-0.1, -0.05) is 6.07 Å². The van der Waals surface area contributed by atoms with Gasteiger partial charge in [-0.05, 0) is 24.6 Å². The first-order chi connectivity index (χ1) is 5.11. The fourth-order valence-electron chi connectivity index (χ4n) is 0.804. The average Bonchev–Trinajstić information content (AvgIpc) is 1.94. The molecule has 0 aromatic heterocycles. The van der Waals surface area contributed by atoms with Crippen molar-refractivity contribution >= 4 is 0 Å². The van der Waals surface area contributed by atoms with Crippen LogP contribution in [0.15, 0.2) is 18.2 Å². The fraction of sp³-hybridized carbons (Fsp3) is 0.250. The summed E-state index contributed by atoms with van der Waals surface area (Å²) in [7, 11) is 0. The molecule has 1 aromatic carbocycles. The van der Waals surface area contributed by atoms with Gasteiger partial charge in [0.1, 0.15) is 5.82 Å². The summed E-state index contributed by atoms with van der Waals surface area (Å²) in [5.41, 5.74) is 0.117. The van der Waals surface area contributed by atoms with Crippen molar-refractivity contribution in [3.8, 4) is 0 Å². The van der Waals surface area contributed by atoms with Gasteiger partial charge in [-0.3, -0.25) is 0 Å². The van der Waals surface area contributed by atoms with Crippen LogP contribution in [0.2, 0.25) is 0 Å². The topological polar surface area (TPSA) is 0 Å². The van der Waals surface area contributed by atoms with Crippen LogP contribution in [0.4, 0.5) is 13.2 Å². The summed E-state index contributed by atoms with van der Waals surface area (Å²) in [5, 5.41) is 0. The third kappa shape index (κ3) is 1.73. The standard InChI is InChI=1S/C8H7F3/c1-5-4-6(8(10)11)2-3-7(5)9/h2-4,8H,1H3. The Kier molecular flexibility index (Phi) is 2.17. The van der Waals surface area contributed by atoms with Gasteiger partial charge in [-0.2, -0.15) is 0 Å². The lowest BCUT2D eigenvalue weighted by atomic mass is 10.1. The second-order valence-corrected chi connectivity index (χ2v) is 2.31. The maximum atomic E-state index is 12.5. The number of halogens is 3. The first kappa shape index (κ1) is 8.11. The molecule has 0 aliphatic heterocycles. The number of aryl methyl sites for hydroxylation is 1. The van der Waals surface area contributed by atoms with E-state index in [2.05, 4.69) is 0 Å². The molecule has 0 spiro atoms. The first-order valence-corrected chi connectivity index (χ1v) is 3.15. The van der Waals surface area contributed by atoms with E-state index >= 15 is 0 Å². The highest BCUT2D eigenvalue weighted by molar-refractivity contribution is 5.24. The van der Waals surface area contributed by atoms with E-state index < -0.39 is 12.2 Å². The molecule has 1 aromatic rings. The van der Waals surface area contributed by atoms with Gasteiger partial charge in [0.25, 0.3) is 6.43 Å². The van der Waals surface area contributed by atoms with Crippen molar-refractivity contribution in [3.05, 3.63) is 35.1 Å². The number of rotatable bonds is 1. The average molecular weight is 160 g/mol. The summed E-state index contributed by atoms with van der Waals surface area (Å²) in [5.74, 6) is -0.450. The van der Waals surface area contributed by atoms with Crippen molar-refractivity contribution in [3.63, 3.8) is 0 Å². The molecule has 11 heavy (non-hydrogen) atoms. The van der Waals surface area contributed by atoms with Crippen molar-refractivity contribution in [1.82, 2.24) is 0 Å². The van der Waals surface area contributed by atoms with Gasteiger partial charge in [-0.25, -0.2) is 13.2 Å². The molecule has 0 fully saturated rings. The Bertz CT molecular complexity index is 256. The van der Waals surface area contributed by atoms with Gasteiger partial charge in [0.15, 0.2) is 0 Å². The Hall–Kier alpha value is -0.990. The summed E-state index contributed by atoms with van der Waals surface area (Å²) in [4.78, 5) is 0. The molecule has 0 amide bonds. The van der Waals surface area contributed by atoms with Crippen LogP contribution in [0.25, 0.3) is 0 Å². The summed E-state index contributed by atoms with van der Waals surface area (Å²) in [6.07, 6.45) is -2.52. The highest BCUT2D eigenvalue weighted by Gasteiger charge is 2.07. The molecule has 0 atom stereocenters. The zero-order valence-electron chi connectivity index (χ0n) is 5.94. The molecular formula is C8H7F3. The maximum absolute atomic E-state index is 12.5. The van der Waals surface area contributed by atoms with Gasteiger partial charge in [-0.15, -0.1) is 0 Å². The molecular weight excluding hydrogens is 153 g/mol. The molecule has 0 heterocycles. The molecule has 0 N–H and O–H groups in total. The van der Waals surface area contributed by atoms with E-state index in [1.54, 1.807) is 0 Å². The highest BCUT2D eigenvalue weighted by Crippen LogP contribution is 2.20. The van der Waals surface area contributed by atoms with Crippen LogP contribution in [0.3, 0.4) is 0 Å². The predicted octanol–water partition coefficient (Wildman–Crippen LogP) is 3.07. The van der Waals surface area contributed by atoms with Crippen LogP contribution >= 0.6 is 0 Å². The molecule has 0 nitrogen and oxygen atoms in total. The van der Waals surface area contributed by atoms with Crippen molar-refractivity contribution in [1.29, 1.82) is 0 Å². The summed E-state index contributed by atoms with van der Waals surface area (Å²) in [6.45, 7) is 1.46. The summed E-state index contributed by atoms with van der Waals surface area (Å²) in [6, 6.07) is 3.30. The van der Waals surface area contributed by atoms with Crippen LogP contribution in [-0.2, 0) is 0 Å². The lowest BCUT2D eigenvalue weighted by molar-refractivity contribution is 0.151. The van der Waals surface area contributed by atoms with E-state index in [0.717, 1.165) is 18.2 Å². The molecule has 3 heteroatoms. The minimum atomic E-state index is -2.52. The van der Waals surface area contributed by atoms with Gasteiger partial charge < -0.3 is 0 Å². The minimum absolute atomic E-state index is 0.135.